The third-order valence-electron chi connectivity index (χ3n) is 1.06. The molecule has 0 aliphatic heterocycles. The Kier molecular flexibility index (Phi) is 7.71. The lowest BCUT2D eigenvalue weighted by atomic mass is 10.3. The fourth-order valence-corrected chi connectivity index (χ4v) is 0.151. The maximum atomic E-state index is 9.91. The standard InChI is InChI=1S/C4H6O3.C4H6O2.4H2/c1-2-3(5)4(6)7;1-3(5)4(2)6;;;;/h2H2,1H3,(H,6,7);1-2H3;4*1H. The Hall–Kier alpha value is -1.52. The molecule has 0 fully saturated rings. The van der Waals surface area contributed by atoms with Crippen molar-refractivity contribution in [2.24, 2.45) is 0 Å². The summed E-state index contributed by atoms with van der Waals surface area (Å²) in [5.41, 5.74) is 0. The third-order valence-corrected chi connectivity index (χ3v) is 1.06. The monoisotopic (exact) mass is 196 g/mol. The predicted molar refractivity (Wildman–Crippen MR) is 52.8 cm³/mol. The van der Waals surface area contributed by atoms with E-state index in [9.17, 15) is 19.2 Å². The van der Waals surface area contributed by atoms with Crippen molar-refractivity contribution in [1.29, 1.82) is 0 Å². The van der Waals surface area contributed by atoms with Crippen LogP contribution in [0.2, 0.25) is 0 Å². The van der Waals surface area contributed by atoms with Crippen LogP contribution in [0.5, 0.6) is 0 Å². The average Bonchev–Trinajstić information content (AvgIpc) is 2.03. The highest BCUT2D eigenvalue weighted by Crippen LogP contribution is 1.76. The number of rotatable bonds is 3. The molecule has 5 nitrogen and oxygen atoms in total. The van der Waals surface area contributed by atoms with Gasteiger partial charge in [-0.2, -0.15) is 0 Å². The lowest BCUT2D eigenvalue weighted by Crippen LogP contribution is -2.09. The number of carboxylic acids is 1. The van der Waals surface area contributed by atoms with E-state index in [-0.39, 0.29) is 23.7 Å². The van der Waals surface area contributed by atoms with E-state index >= 15 is 0 Å². The molecular formula is C8H20O5. The predicted octanol–water partition coefficient (Wildman–Crippen LogP) is 1.20. The normalized spacial score (nSPS) is 7.92. The number of aliphatic carboxylic acids is 1. The van der Waals surface area contributed by atoms with Crippen LogP contribution in [0.4, 0.5) is 0 Å². The lowest BCUT2D eigenvalue weighted by Gasteiger charge is -1.80. The minimum atomic E-state index is -1.34. The molecule has 0 rings (SSSR count). The van der Waals surface area contributed by atoms with Gasteiger partial charge in [0.05, 0.1) is 0 Å². The number of carboxylic acid groups (broad SMARTS) is 1. The summed E-state index contributed by atoms with van der Waals surface area (Å²) in [5, 5.41) is 7.83. The summed E-state index contributed by atoms with van der Waals surface area (Å²) in [6, 6.07) is 0. The molecule has 5 heteroatoms. The Morgan fingerprint density at radius 3 is 1.38 bits per heavy atom. The van der Waals surface area contributed by atoms with Crippen LogP contribution in [0.3, 0.4) is 0 Å². The average molecular weight is 196 g/mol. The number of hydrogen-bond acceptors (Lipinski definition) is 4. The number of Topliss-reactive ketones (excluding diaryl/α,β-unsaturated/α-hetero) is 3. The second kappa shape index (κ2) is 7.15. The maximum Gasteiger partial charge on any atom is 0.372 e. The molecule has 0 amide bonds. The van der Waals surface area contributed by atoms with E-state index in [1.165, 1.54) is 20.8 Å². The molecule has 0 bridgehead atoms. The molecule has 0 aromatic carbocycles. The zero-order valence-corrected chi connectivity index (χ0v) is 7.79. The molecule has 0 heterocycles. The summed E-state index contributed by atoms with van der Waals surface area (Å²) in [7, 11) is 0. The van der Waals surface area contributed by atoms with Gasteiger partial charge in [-0.05, 0) is 0 Å². The zero-order valence-electron chi connectivity index (χ0n) is 7.79. The van der Waals surface area contributed by atoms with Crippen LogP contribution in [0.1, 0.15) is 32.9 Å². The van der Waals surface area contributed by atoms with Gasteiger partial charge in [-0.1, -0.05) is 6.92 Å². The Bertz CT molecular complexity index is 230. The molecule has 0 aliphatic rings. The van der Waals surface area contributed by atoms with E-state index < -0.39 is 11.8 Å². The van der Waals surface area contributed by atoms with Crippen LogP contribution >= 0.6 is 0 Å². The second-order valence-corrected chi connectivity index (χ2v) is 2.19. The third kappa shape index (κ3) is 10.5. The minimum absolute atomic E-state index is 0. The van der Waals surface area contributed by atoms with Gasteiger partial charge in [0.25, 0.3) is 0 Å². The number of carbonyl (C=O) groups is 4. The van der Waals surface area contributed by atoms with Gasteiger partial charge >= 0.3 is 5.97 Å². The van der Waals surface area contributed by atoms with Crippen molar-refractivity contribution in [3.05, 3.63) is 0 Å². The zero-order chi connectivity index (χ0) is 11.0. The van der Waals surface area contributed by atoms with E-state index in [0.717, 1.165) is 0 Å². The Balaban J connectivity index is -0.0000000290. The van der Waals surface area contributed by atoms with Crippen LogP contribution in [0, 0.1) is 0 Å². The summed E-state index contributed by atoms with van der Waals surface area (Å²) in [5.74, 6) is -2.84. The molecule has 0 atom stereocenters. The summed E-state index contributed by atoms with van der Waals surface area (Å²) < 4.78 is 0. The Morgan fingerprint density at radius 2 is 1.38 bits per heavy atom. The van der Waals surface area contributed by atoms with Gasteiger partial charge < -0.3 is 5.11 Å². The van der Waals surface area contributed by atoms with Crippen molar-refractivity contribution in [3.63, 3.8) is 0 Å². The van der Waals surface area contributed by atoms with Crippen LogP contribution < -0.4 is 0 Å². The first kappa shape index (κ1) is 14.0. The van der Waals surface area contributed by atoms with Gasteiger partial charge in [-0.3, -0.25) is 14.4 Å². The van der Waals surface area contributed by atoms with Crippen molar-refractivity contribution in [3.8, 4) is 0 Å². The van der Waals surface area contributed by atoms with E-state index in [2.05, 4.69) is 0 Å². The minimum Gasteiger partial charge on any atom is -0.476 e. The second-order valence-electron chi connectivity index (χ2n) is 2.19. The number of carbonyl (C=O) groups excluding carboxylic acids is 3. The maximum absolute atomic E-state index is 9.91. The van der Waals surface area contributed by atoms with E-state index in [4.69, 9.17) is 5.11 Å². The molecule has 0 aliphatic carbocycles. The Labute approximate surface area is 81.7 Å². The van der Waals surface area contributed by atoms with E-state index in [1.54, 1.807) is 0 Å². The van der Waals surface area contributed by atoms with Crippen LogP contribution in [-0.2, 0) is 19.2 Å². The van der Waals surface area contributed by atoms with Gasteiger partial charge in [0.2, 0.25) is 5.78 Å². The fourth-order valence-electron chi connectivity index (χ4n) is 0.151. The van der Waals surface area contributed by atoms with Gasteiger partial charge in [-0.15, -0.1) is 0 Å². The molecule has 0 unspecified atom stereocenters. The lowest BCUT2D eigenvalue weighted by molar-refractivity contribution is -0.148. The molecule has 0 saturated heterocycles. The van der Waals surface area contributed by atoms with E-state index in [0.29, 0.717) is 0 Å². The van der Waals surface area contributed by atoms with Gasteiger partial charge in [0, 0.05) is 26.0 Å². The quantitative estimate of drug-likeness (QED) is 0.685. The smallest absolute Gasteiger partial charge is 0.372 e. The molecule has 0 spiro atoms. The molecule has 13 heavy (non-hydrogen) atoms. The highest BCUT2D eigenvalue weighted by molar-refractivity contribution is 6.35. The van der Waals surface area contributed by atoms with Crippen molar-refractivity contribution >= 4 is 23.3 Å². The van der Waals surface area contributed by atoms with Crippen molar-refractivity contribution < 1.29 is 30.0 Å². The van der Waals surface area contributed by atoms with Gasteiger partial charge in [0.15, 0.2) is 11.6 Å². The highest BCUT2D eigenvalue weighted by Gasteiger charge is 2.05. The van der Waals surface area contributed by atoms with Crippen LogP contribution in [0.25, 0.3) is 0 Å². The van der Waals surface area contributed by atoms with Gasteiger partial charge in [-0.25, -0.2) is 4.79 Å². The topological polar surface area (TPSA) is 88.5 Å². The van der Waals surface area contributed by atoms with E-state index in [1.807, 2.05) is 0 Å². The summed E-state index contributed by atoms with van der Waals surface area (Å²) >= 11 is 0. The van der Waals surface area contributed by atoms with Crippen molar-refractivity contribution in [1.82, 2.24) is 0 Å². The van der Waals surface area contributed by atoms with Gasteiger partial charge in [0.1, 0.15) is 0 Å². The first-order valence-electron chi connectivity index (χ1n) is 3.60. The summed E-state index contributed by atoms with van der Waals surface area (Å²) in [4.78, 5) is 39.1. The van der Waals surface area contributed by atoms with Crippen molar-refractivity contribution in [2.45, 2.75) is 27.2 Å². The largest absolute Gasteiger partial charge is 0.476 e. The molecule has 1 N–H and O–H groups in total. The molecule has 0 aromatic rings. The molecule has 0 aromatic heterocycles. The van der Waals surface area contributed by atoms with Crippen LogP contribution in [-0.4, -0.2) is 28.4 Å². The summed E-state index contributed by atoms with van der Waals surface area (Å²) in [6.07, 6.45) is 0.0787. The number of hydrogen-bond donors (Lipinski definition) is 1. The molecular weight excluding hydrogens is 176 g/mol. The molecule has 0 saturated carbocycles. The molecule has 0 radical (unpaired) electrons. The number of ketones is 3. The Morgan fingerprint density at radius 1 is 1.08 bits per heavy atom. The highest BCUT2D eigenvalue weighted by atomic mass is 16.4. The summed E-state index contributed by atoms with van der Waals surface area (Å²) in [6.45, 7) is 4.02. The fraction of sp³-hybridized carbons (Fsp3) is 0.500. The van der Waals surface area contributed by atoms with Crippen LogP contribution in [0.15, 0.2) is 0 Å². The van der Waals surface area contributed by atoms with Crippen molar-refractivity contribution in [2.75, 3.05) is 0 Å². The first-order chi connectivity index (χ1) is 5.82. The molecule has 82 valence electrons. The first-order valence-corrected chi connectivity index (χ1v) is 3.60. The SMILES string of the molecule is CC(=O)C(C)=O.CCC(=O)C(=O)O.[HH].[HH].[HH].[HH].